The number of thioether (sulfide) groups is 1. The fraction of sp³-hybridized carbons (Fsp3) is 0.667. The largest absolute Gasteiger partial charge is 0.388 e. The van der Waals surface area contributed by atoms with Gasteiger partial charge in [0, 0.05) is 30.3 Å². The third-order valence-electron chi connectivity index (χ3n) is 4.44. The van der Waals surface area contributed by atoms with Gasteiger partial charge in [-0.05, 0) is 49.5 Å². The number of aromatic nitrogens is 1. The maximum atomic E-state index is 10.7. The number of aliphatic hydroxyl groups is 1. The summed E-state index contributed by atoms with van der Waals surface area (Å²) >= 11 is 1.97. The molecule has 1 aromatic heterocycles. The highest BCUT2D eigenvalue weighted by atomic mass is 32.2. The van der Waals surface area contributed by atoms with E-state index in [0.29, 0.717) is 5.92 Å². The van der Waals surface area contributed by atoms with E-state index in [1.54, 1.807) is 6.20 Å². The van der Waals surface area contributed by atoms with Gasteiger partial charge in [-0.25, -0.2) is 0 Å². The smallest absolute Gasteiger partial charge is 0.0837 e. The second-order valence-electron chi connectivity index (χ2n) is 5.76. The quantitative estimate of drug-likeness (QED) is 0.904. The summed E-state index contributed by atoms with van der Waals surface area (Å²) in [6, 6.07) is 1.97. The predicted molar refractivity (Wildman–Crippen MR) is 77.3 cm³/mol. The van der Waals surface area contributed by atoms with Gasteiger partial charge in [0.15, 0.2) is 0 Å². The van der Waals surface area contributed by atoms with Gasteiger partial charge in [0.1, 0.15) is 0 Å². The molecule has 3 heterocycles. The van der Waals surface area contributed by atoms with Crippen LogP contribution in [0.5, 0.6) is 0 Å². The highest BCUT2D eigenvalue weighted by Gasteiger charge is 2.42. The lowest BCUT2D eigenvalue weighted by Gasteiger charge is -2.39. The first-order valence-electron chi connectivity index (χ1n) is 7.00. The summed E-state index contributed by atoms with van der Waals surface area (Å²) < 4.78 is 6.03. The van der Waals surface area contributed by atoms with E-state index in [2.05, 4.69) is 4.98 Å². The molecule has 0 radical (unpaired) electrons. The van der Waals surface area contributed by atoms with Gasteiger partial charge < -0.3 is 9.84 Å². The first-order chi connectivity index (χ1) is 9.20. The van der Waals surface area contributed by atoms with Crippen LogP contribution in [0.3, 0.4) is 0 Å². The van der Waals surface area contributed by atoms with E-state index in [1.807, 2.05) is 30.9 Å². The molecule has 19 heavy (non-hydrogen) atoms. The van der Waals surface area contributed by atoms with Crippen molar-refractivity contribution in [2.45, 2.75) is 37.9 Å². The summed E-state index contributed by atoms with van der Waals surface area (Å²) in [4.78, 5) is 4.16. The number of ether oxygens (including phenoxy) is 1. The van der Waals surface area contributed by atoms with Gasteiger partial charge in [-0.15, -0.1) is 0 Å². The van der Waals surface area contributed by atoms with Crippen molar-refractivity contribution in [2.75, 3.05) is 18.1 Å². The number of nitrogens with zero attached hydrogens (tertiary/aromatic N) is 1. The summed E-state index contributed by atoms with van der Waals surface area (Å²) in [6.07, 6.45) is 6.25. The van der Waals surface area contributed by atoms with Crippen molar-refractivity contribution in [3.8, 4) is 0 Å². The van der Waals surface area contributed by atoms with Gasteiger partial charge in [-0.2, -0.15) is 11.8 Å². The van der Waals surface area contributed by atoms with Crippen molar-refractivity contribution >= 4 is 11.8 Å². The van der Waals surface area contributed by atoms with E-state index in [-0.39, 0.29) is 5.60 Å². The molecule has 0 aliphatic carbocycles. The summed E-state index contributed by atoms with van der Waals surface area (Å²) in [6.45, 7) is 2.82. The number of pyridine rings is 1. The minimum Gasteiger partial charge on any atom is -0.388 e. The molecule has 2 saturated heterocycles. The van der Waals surface area contributed by atoms with Gasteiger partial charge in [0.2, 0.25) is 0 Å². The minimum absolute atomic E-state index is 0.0324. The lowest BCUT2D eigenvalue weighted by Crippen LogP contribution is -2.41. The van der Waals surface area contributed by atoms with E-state index < -0.39 is 6.10 Å². The molecule has 3 unspecified atom stereocenters. The van der Waals surface area contributed by atoms with Gasteiger partial charge in [-0.1, -0.05) is 0 Å². The summed E-state index contributed by atoms with van der Waals surface area (Å²) in [7, 11) is 0. The van der Waals surface area contributed by atoms with Crippen LogP contribution in [0.25, 0.3) is 0 Å². The first kappa shape index (κ1) is 13.4. The number of rotatable bonds is 2. The second kappa shape index (κ2) is 5.43. The molecule has 0 amide bonds. The van der Waals surface area contributed by atoms with Gasteiger partial charge in [0.25, 0.3) is 0 Å². The van der Waals surface area contributed by atoms with Crippen LogP contribution in [0, 0.1) is 12.8 Å². The fourth-order valence-electron chi connectivity index (χ4n) is 3.24. The third kappa shape index (κ3) is 2.67. The Kier molecular flexibility index (Phi) is 3.83. The van der Waals surface area contributed by atoms with Crippen LogP contribution in [-0.4, -0.2) is 33.8 Å². The van der Waals surface area contributed by atoms with Crippen molar-refractivity contribution in [1.82, 2.24) is 4.98 Å². The molecule has 2 aliphatic rings. The lowest BCUT2D eigenvalue weighted by atomic mass is 9.80. The van der Waals surface area contributed by atoms with E-state index in [4.69, 9.17) is 4.74 Å². The van der Waals surface area contributed by atoms with Crippen LogP contribution in [0.2, 0.25) is 0 Å². The molecule has 2 aliphatic heterocycles. The number of aryl methyl sites for hydroxylation is 1. The Morgan fingerprint density at radius 3 is 3.21 bits per heavy atom. The SMILES string of the molecule is Cc1ccncc1C(O)C1CCOC2(CCSC2)C1. The van der Waals surface area contributed by atoms with Crippen LogP contribution in [0.15, 0.2) is 18.5 Å². The molecule has 1 spiro atoms. The van der Waals surface area contributed by atoms with Gasteiger partial charge >= 0.3 is 0 Å². The molecule has 4 heteroatoms. The number of hydrogen-bond donors (Lipinski definition) is 1. The van der Waals surface area contributed by atoms with Crippen LogP contribution >= 0.6 is 11.8 Å². The first-order valence-corrected chi connectivity index (χ1v) is 8.16. The highest BCUT2D eigenvalue weighted by molar-refractivity contribution is 7.99. The molecule has 3 nitrogen and oxygen atoms in total. The predicted octanol–water partition coefficient (Wildman–Crippen LogP) is 2.73. The Morgan fingerprint density at radius 2 is 2.47 bits per heavy atom. The van der Waals surface area contributed by atoms with Crippen molar-refractivity contribution < 1.29 is 9.84 Å². The Morgan fingerprint density at radius 1 is 1.58 bits per heavy atom. The highest BCUT2D eigenvalue weighted by Crippen LogP contribution is 2.44. The van der Waals surface area contributed by atoms with E-state index in [1.165, 1.54) is 5.75 Å². The average Bonchev–Trinajstić information content (AvgIpc) is 2.86. The minimum atomic E-state index is -0.403. The second-order valence-corrected chi connectivity index (χ2v) is 6.87. The Balaban J connectivity index is 1.76. The standard InChI is InChI=1S/C15H21NO2S/c1-11-2-5-16-9-13(11)14(17)12-3-6-18-15(8-12)4-7-19-10-15/h2,5,9,12,14,17H,3-4,6-8,10H2,1H3. The van der Waals surface area contributed by atoms with Crippen molar-refractivity contribution in [3.05, 3.63) is 29.6 Å². The Labute approximate surface area is 118 Å². The summed E-state index contributed by atoms with van der Waals surface area (Å²) in [5.74, 6) is 2.58. The molecule has 2 fully saturated rings. The summed E-state index contributed by atoms with van der Waals surface area (Å²) in [5, 5.41) is 10.7. The van der Waals surface area contributed by atoms with Crippen LogP contribution in [-0.2, 0) is 4.74 Å². The van der Waals surface area contributed by atoms with Crippen molar-refractivity contribution in [2.24, 2.45) is 5.92 Å². The molecule has 0 aromatic carbocycles. The van der Waals surface area contributed by atoms with Crippen LogP contribution in [0.4, 0.5) is 0 Å². The molecule has 3 atom stereocenters. The Hall–Kier alpha value is -0.580. The Bertz CT molecular complexity index is 446. The molecule has 0 bridgehead atoms. The maximum Gasteiger partial charge on any atom is 0.0837 e. The third-order valence-corrected chi connectivity index (χ3v) is 5.67. The zero-order valence-corrected chi connectivity index (χ0v) is 12.2. The van der Waals surface area contributed by atoms with Crippen LogP contribution < -0.4 is 0 Å². The van der Waals surface area contributed by atoms with E-state index in [0.717, 1.165) is 42.7 Å². The molecule has 3 rings (SSSR count). The van der Waals surface area contributed by atoms with Gasteiger partial charge in [-0.3, -0.25) is 4.98 Å². The normalized spacial score (nSPS) is 32.6. The van der Waals surface area contributed by atoms with Crippen molar-refractivity contribution in [3.63, 3.8) is 0 Å². The molecule has 0 saturated carbocycles. The molecule has 1 N–H and O–H groups in total. The zero-order valence-electron chi connectivity index (χ0n) is 11.3. The van der Waals surface area contributed by atoms with E-state index in [9.17, 15) is 5.11 Å². The number of aliphatic hydroxyl groups excluding tert-OH is 1. The molecule has 104 valence electrons. The topological polar surface area (TPSA) is 42.4 Å². The van der Waals surface area contributed by atoms with Crippen molar-refractivity contribution in [1.29, 1.82) is 0 Å². The molecule has 1 aromatic rings. The average molecular weight is 279 g/mol. The molecular weight excluding hydrogens is 258 g/mol. The van der Waals surface area contributed by atoms with E-state index >= 15 is 0 Å². The van der Waals surface area contributed by atoms with Crippen LogP contribution in [0.1, 0.15) is 36.5 Å². The maximum absolute atomic E-state index is 10.7. The zero-order chi connectivity index (χ0) is 13.3. The lowest BCUT2D eigenvalue weighted by molar-refractivity contribution is -0.102. The monoisotopic (exact) mass is 279 g/mol. The molecular formula is C15H21NO2S. The summed E-state index contributed by atoms with van der Waals surface area (Å²) in [5.41, 5.74) is 2.14. The fourth-order valence-corrected chi connectivity index (χ4v) is 4.62. The number of hydrogen-bond acceptors (Lipinski definition) is 4. The van der Waals surface area contributed by atoms with Gasteiger partial charge in [0.05, 0.1) is 11.7 Å².